The number of carbonyl (C=O) groups excluding carboxylic acids is 1. The van der Waals surface area contributed by atoms with E-state index >= 15 is 0 Å². The first-order chi connectivity index (χ1) is 43.8. The van der Waals surface area contributed by atoms with Crippen LogP contribution < -0.4 is 0 Å². The van der Waals surface area contributed by atoms with Gasteiger partial charge in [-0.2, -0.15) is 0 Å². The van der Waals surface area contributed by atoms with Gasteiger partial charge in [-0.05, 0) is 75.5 Å². The van der Waals surface area contributed by atoms with Crippen LogP contribution in [0.4, 0.5) is 0 Å². The Morgan fingerprint density at radius 1 is 0.559 bits per heavy atom. The Morgan fingerprint density at radius 2 is 1.12 bits per heavy atom. The number of allylic oxidation sites excluding steroid dienone is 2. The molecule has 0 radical (unpaired) electrons. The normalized spacial score (nSPS) is 54.4. The Hall–Kier alpha value is -2.01. The van der Waals surface area contributed by atoms with E-state index in [4.69, 9.17) is 68.2 Å². The van der Waals surface area contributed by atoms with Crippen LogP contribution in [0.15, 0.2) is 23.3 Å². The Balaban J connectivity index is 0.815. The fourth-order valence-corrected chi connectivity index (χ4v) is 17.9. The second-order valence-electron chi connectivity index (χ2n) is 28.9. The van der Waals surface area contributed by atoms with Gasteiger partial charge in [0.1, 0.15) is 128 Å². The van der Waals surface area contributed by atoms with E-state index < -0.39 is 233 Å². The number of ether oxygens (including phenoxy) is 13. The van der Waals surface area contributed by atoms with Crippen LogP contribution in [0, 0.1) is 33.5 Å². The highest BCUT2D eigenvalue weighted by Crippen LogP contribution is 2.76. The van der Waals surface area contributed by atoms with Gasteiger partial charge in [0.05, 0.1) is 57.5 Å². The van der Waals surface area contributed by atoms with Crippen molar-refractivity contribution in [3.05, 3.63) is 23.3 Å². The summed E-state index contributed by atoms with van der Waals surface area (Å²) < 4.78 is 79.5. The van der Waals surface area contributed by atoms with E-state index in [1.54, 1.807) is 0 Å². The molecule has 0 aromatic carbocycles. The average molecular weight is 1340 g/mol. The van der Waals surface area contributed by atoms with Gasteiger partial charge in [0.2, 0.25) is 0 Å². The second kappa shape index (κ2) is 27.5. The number of aliphatic hydroxyl groups is 16. The van der Waals surface area contributed by atoms with Crippen molar-refractivity contribution in [2.45, 2.75) is 290 Å². The Labute approximate surface area is 538 Å². The summed E-state index contributed by atoms with van der Waals surface area (Å²) in [5, 5.41) is 177. The van der Waals surface area contributed by atoms with Crippen molar-refractivity contribution in [2.24, 2.45) is 33.5 Å². The molecule has 4 aliphatic carbocycles. The monoisotopic (exact) mass is 1340 g/mol. The minimum absolute atomic E-state index is 0.114. The molecule has 30 nitrogen and oxygen atoms in total. The summed E-state index contributed by atoms with van der Waals surface area (Å²) in [5.41, 5.74) is 1.15. The Bertz CT molecular complexity index is 2660. The summed E-state index contributed by atoms with van der Waals surface area (Å²) in [7, 11) is 0. The first-order valence-electron chi connectivity index (χ1n) is 32.9. The summed E-state index contributed by atoms with van der Waals surface area (Å²) in [6.07, 6.45) is -44.3. The summed E-state index contributed by atoms with van der Waals surface area (Å²) >= 11 is 0. The van der Waals surface area contributed by atoms with Gasteiger partial charge in [0.25, 0.3) is 0 Å². The molecule has 30 heteroatoms. The molecule has 0 aromatic rings. The van der Waals surface area contributed by atoms with Crippen LogP contribution in [-0.4, -0.2) is 311 Å². The van der Waals surface area contributed by atoms with Crippen molar-refractivity contribution >= 4 is 5.78 Å². The summed E-state index contributed by atoms with van der Waals surface area (Å²) in [6.45, 7) is 15.2. The molecule has 9 fully saturated rings. The van der Waals surface area contributed by atoms with Crippen LogP contribution in [-0.2, 0) is 66.4 Å². The van der Waals surface area contributed by atoms with Crippen LogP contribution in [0.5, 0.6) is 0 Å². The summed E-state index contributed by atoms with van der Waals surface area (Å²) in [6, 6.07) is 0. The molecule has 7 saturated heterocycles. The summed E-state index contributed by atoms with van der Waals surface area (Å²) in [4.78, 5) is 13.1. The van der Waals surface area contributed by atoms with Crippen molar-refractivity contribution in [1.29, 1.82) is 0 Å². The number of Topliss-reactive ketones (excluding diaryl/α,β-unsaturated/α-hetero) is 1. The Kier molecular flexibility index (Phi) is 21.4. The van der Waals surface area contributed by atoms with Gasteiger partial charge in [-0.15, -0.1) is 0 Å². The average Bonchev–Trinajstić information content (AvgIpc) is 1.54. The third-order valence-corrected chi connectivity index (χ3v) is 23.9. The first-order valence-corrected chi connectivity index (χ1v) is 32.9. The number of ketones is 1. The number of carbonyl (C=O) groups is 1. The molecule has 532 valence electrons. The molecule has 7 heterocycles. The van der Waals surface area contributed by atoms with Gasteiger partial charge in [0.15, 0.2) is 43.5 Å². The molecule has 1 spiro atoms. The molecule has 16 N–H and O–H groups in total. The molecule has 0 bridgehead atoms. The zero-order chi connectivity index (χ0) is 67.5. The van der Waals surface area contributed by atoms with Crippen LogP contribution in [0.2, 0.25) is 0 Å². The SMILES string of the molecule is C=C1C[C@@]2(O[C@H](C(=O)CC)C[C@H]2C)[C@@]2(C)CCC3=C(CC[C@H]4[C@@](C)(CO)[C@@H](O[C@@H]5O[C@H](CO[C@@H]6OC[C@H](O)[C@H](O)[C@H]6O[C@@H]6O[C@H](CO)[C@@H](O)[C@H](O[C@@H]7OC[C@H](O)[C@H](O)[C@H]7O[C@@H]7OC[C@@H](O)[C@H](O)[C@H]7O)[C@H]6O[C@@H]6O[C@@H](C)[C@H](O)[C@@H](O)[C@H]6O)[C@@H](O)[C@H](O)[C@H]5O)CC[C@]34C)[C@]12C. The lowest BCUT2D eigenvalue weighted by Gasteiger charge is -2.63. The zero-order valence-electron chi connectivity index (χ0n) is 53.6. The molecule has 7 aliphatic heterocycles. The molecule has 0 aromatic heterocycles. The van der Waals surface area contributed by atoms with Crippen LogP contribution in [0.3, 0.4) is 0 Å². The van der Waals surface area contributed by atoms with E-state index in [1.165, 1.54) is 18.1 Å². The van der Waals surface area contributed by atoms with Crippen molar-refractivity contribution in [1.82, 2.24) is 0 Å². The van der Waals surface area contributed by atoms with Crippen LogP contribution in [0.25, 0.3) is 0 Å². The largest absolute Gasteiger partial charge is 0.396 e. The highest BCUT2D eigenvalue weighted by atomic mass is 16.8. The number of fused-ring (bicyclic) bond motifs is 5. The van der Waals surface area contributed by atoms with E-state index in [1.807, 2.05) is 13.8 Å². The molecule has 0 amide bonds. The van der Waals surface area contributed by atoms with Gasteiger partial charge in [-0.3, -0.25) is 4.79 Å². The van der Waals surface area contributed by atoms with Crippen molar-refractivity contribution in [2.75, 3.05) is 39.6 Å². The molecule has 36 atom stereocenters. The lowest BCUT2D eigenvalue weighted by molar-refractivity contribution is -0.408. The van der Waals surface area contributed by atoms with E-state index in [0.717, 1.165) is 18.4 Å². The van der Waals surface area contributed by atoms with Crippen molar-refractivity contribution < 1.29 is 148 Å². The maximum Gasteiger partial charge on any atom is 0.187 e. The van der Waals surface area contributed by atoms with E-state index in [9.17, 15) is 86.5 Å². The third-order valence-electron chi connectivity index (χ3n) is 23.9. The molecular formula is C63H100O30. The maximum atomic E-state index is 13.1. The third kappa shape index (κ3) is 12.1. The van der Waals surface area contributed by atoms with E-state index in [2.05, 4.69) is 27.7 Å². The molecule has 2 saturated carbocycles. The van der Waals surface area contributed by atoms with Crippen LogP contribution >= 0.6 is 0 Å². The van der Waals surface area contributed by atoms with Gasteiger partial charge in [-0.1, -0.05) is 64.8 Å². The molecule has 0 unspecified atom stereocenters. The predicted molar refractivity (Wildman–Crippen MR) is 311 cm³/mol. The molecule has 93 heavy (non-hydrogen) atoms. The van der Waals surface area contributed by atoms with Gasteiger partial charge in [0, 0.05) is 22.7 Å². The second-order valence-corrected chi connectivity index (χ2v) is 28.9. The number of hydrogen-bond acceptors (Lipinski definition) is 30. The number of hydrogen-bond donors (Lipinski definition) is 16. The van der Waals surface area contributed by atoms with E-state index in [0.29, 0.717) is 44.9 Å². The highest BCUT2D eigenvalue weighted by Gasteiger charge is 2.74. The van der Waals surface area contributed by atoms with Crippen LogP contribution in [0.1, 0.15) is 106 Å². The lowest BCUT2D eigenvalue weighted by Crippen LogP contribution is -2.68. The fourth-order valence-electron chi connectivity index (χ4n) is 17.9. The smallest absolute Gasteiger partial charge is 0.187 e. The predicted octanol–water partition coefficient (Wildman–Crippen LogP) is -4.35. The first kappa shape index (κ1) is 72.2. The fraction of sp³-hybridized carbons (Fsp3) is 0.921. The number of aliphatic hydroxyl groups excluding tert-OH is 16. The standard InChI is InChI=1S/C63H100O30/c1-9-29(66)33-16-24(2)63(93-33)17-25(3)62(8)28-10-11-36-59(5,27(28)12-15-61(62,63)7)14-13-37(60(36,6)23-65)88-55-48(80)45(77)42(74)35(87-55)22-84-56-50(40(72)31(68)20-82-56)91-58-52(92-54-47(79)44(76)38(70)26(4)85-54)49(43(75)34(18-64)86-58)89-57-51(41(73)32(69)21-83-57)90-53-46(78)39(71)30(67)19-81-53/h24,26,30-58,64-65,67-80H,3,9-23H2,1-2,4-8H3/t24-,26+,30-,31+,32+,33+,34-,35-,36-,37+,38+,39+,40+,41+,42-,43-,44-,45+,46-,47-,48-,49+,50-,51-,52-,53+,54+,55+,56+,57+,58+,59-,60-,61+,62+,63+/m1/s1. The maximum absolute atomic E-state index is 13.1. The Morgan fingerprint density at radius 3 is 1.76 bits per heavy atom. The lowest BCUT2D eigenvalue weighted by atomic mass is 9.42. The molecule has 11 rings (SSSR count). The summed E-state index contributed by atoms with van der Waals surface area (Å²) in [5.74, 6) is 0.115. The highest BCUT2D eigenvalue weighted by molar-refractivity contribution is 5.83. The van der Waals surface area contributed by atoms with Crippen molar-refractivity contribution in [3.8, 4) is 0 Å². The minimum Gasteiger partial charge on any atom is -0.396 e. The minimum atomic E-state index is -2.06. The van der Waals surface area contributed by atoms with Gasteiger partial charge >= 0.3 is 0 Å². The van der Waals surface area contributed by atoms with Gasteiger partial charge in [-0.25, -0.2) is 0 Å². The topological polar surface area (TPSA) is 461 Å². The number of rotatable bonds is 17. The molecule has 11 aliphatic rings. The van der Waals surface area contributed by atoms with E-state index in [-0.39, 0.29) is 29.6 Å². The quantitative estimate of drug-likeness (QED) is 0.0612. The molecular weight excluding hydrogens is 1240 g/mol. The van der Waals surface area contributed by atoms with Gasteiger partial charge < -0.3 is 143 Å². The zero-order valence-corrected chi connectivity index (χ0v) is 53.6. The van der Waals surface area contributed by atoms with Crippen molar-refractivity contribution in [3.63, 3.8) is 0 Å².